The number of rotatable bonds is 7. The summed E-state index contributed by atoms with van der Waals surface area (Å²) in [5.74, 6) is 0.399. The average Bonchev–Trinajstić information content (AvgIpc) is 3.56. The molecule has 0 unspecified atom stereocenters. The van der Waals surface area contributed by atoms with Gasteiger partial charge >= 0.3 is 0 Å². The van der Waals surface area contributed by atoms with Crippen LogP contribution in [0, 0.1) is 0 Å². The molecule has 0 bridgehead atoms. The van der Waals surface area contributed by atoms with Crippen LogP contribution in [0.3, 0.4) is 0 Å². The number of carbonyl (C=O) groups is 1. The quantitative estimate of drug-likeness (QED) is 0.415. The van der Waals surface area contributed by atoms with Gasteiger partial charge in [-0.2, -0.15) is 5.10 Å². The van der Waals surface area contributed by atoms with Crippen molar-refractivity contribution in [3.05, 3.63) is 85.6 Å². The zero-order valence-electron chi connectivity index (χ0n) is 16.7. The highest BCUT2D eigenvalue weighted by Crippen LogP contribution is 2.24. The van der Waals surface area contributed by atoms with Crippen LogP contribution in [-0.2, 0) is 6.54 Å². The Hall–Kier alpha value is -4.27. The number of para-hydroxylation sites is 1. The van der Waals surface area contributed by atoms with E-state index in [0.717, 1.165) is 24.3 Å². The van der Waals surface area contributed by atoms with E-state index in [-0.39, 0.29) is 5.91 Å². The molecule has 0 radical (unpaired) electrons. The molecule has 4 heterocycles. The number of imidazole rings is 2. The number of aryl methyl sites for hydroxylation is 1. The minimum absolute atomic E-state index is 0.229. The van der Waals surface area contributed by atoms with Gasteiger partial charge in [-0.3, -0.25) is 14.2 Å². The Bertz CT molecular complexity index is 1300. The third-order valence-electron chi connectivity index (χ3n) is 4.97. The van der Waals surface area contributed by atoms with E-state index in [9.17, 15) is 4.79 Å². The first-order chi connectivity index (χ1) is 15.3. The van der Waals surface area contributed by atoms with Crippen LogP contribution in [0.15, 0.2) is 79.9 Å². The van der Waals surface area contributed by atoms with Crippen molar-refractivity contribution in [1.82, 2.24) is 39.0 Å². The minimum Gasteiger partial charge on any atom is -0.351 e. The summed E-state index contributed by atoms with van der Waals surface area (Å²) in [7, 11) is 0. The lowest BCUT2D eigenvalue weighted by molar-refractivity contribution is 0.0950. The number of aromatic nitrogens is 7. The highest BCUT2D eigenvalue weighted by molar-refractivity contribution is 5.99. The molecule has 9 nitrogen and oxygen atoms in total. The highest BCUT2D eigenvalue weighted by atomic mass is 16.1. The number of hydrogen-bond acceptors (Lipinski definition) is 5. The number of amides is 1. The molecule has 1 amide bonds. The molecule has 1 aromatic carbocycles. The molecule has 9 heteroatoms. The molecule has 0 aliphatic carbocycles. The van der Waals surface area contributed by atoms with Gasteiger partial charge in [0, 0.05) is 37.9 Å². The maximum atomic E-state index is 12.9. The van der Waals surface area contributed by atoms with Gasteiger partial charge in [0.1, 0.15) is 5.69 Å². The van der Waals surface area contributed by atoms with Crippen molar-refractivity contribution in [3.63, 3.8) is 0 Å². The van der Waals surface area contributed by atoms with E-state index in [1.807, 2.05) is 56.2 Å². The number of benzene rings is 1. The van der Waals surface area contributed by atoms with Crippen LogP contribution >= 0.6 is 0 Å². The molecule has 4 aromatic heterocycles. The number of hydrogen-bond donors (Lipinski definition) is 1. The van der Waals surface area contributed by atoms with Gasteiger partial charge in [0.05, 0.1) is 29.9 Å². The van der Waals surface area contributed by atoms with Crippen molar-refractivity contribution in [2.24, 2.45) is 0 Å². The Balaban J connectivity index is 1.43. The van der Waals surface area contributed by atoms with Crippen molar-refractivity contribution in [3.8, 4) is 17.2 Å². The summed E-state index contributed by atoms with van der Waals surface area (Å²) >= 11 is 0. The maximum Gasteiger partial charge on any atom is 0.272 e. The lowest BCUT2D eigenvalue weighted by atomic mass is 10.3. The topological polar surface area (TPSA) is 94.9 Å². The van der Waals surface area contributed by atoms with E-state index in [1.54, 1.807) is 37.3 Å². The second-order valence-corrected chi connectivity index (χ2v) is 6.99. The fraction of sp³-hybridized carbons (Fsp3) is 0.136. The first kappa shape index (κ1) is 18.7. The molecule has 5 aromatic rings. The summed E-state index contributed by atoms with van der Waals surface area (Å²) in [5.41, 5.74) is 2.68. The van der Waals surface area contributed by atoms with Gasteiger partial charge in [0.2, 0.25) is 0 Å². The lowest BCUT2D eigenvalue weighted by Gasteiger charge is -2.06. The second kappa shape index (κ2) is 8.23. The van der Waals surface area contributed by atoms with Crippen LogP contribution in [0.25, 0.3) is 22.7 Å². The van der Waals surface area contributed by atoms with Crippen molar-refractivity contribution in [1.29, 1.82) is 0 Å². The van der Waals surface area contributed by atoms with E-state index < -0.39 is 0 Å². The number of nitrogens with zero attached hydrogens (tertiary/aromatic N) is 7. The molecule has 0 aliphatic rings. The molecular weight excluding hydrogens is 392 g/mol. The third-order valence-corrected chi connectivity index (χ3v) is 4.97. The van der Waals surface area contributed by atoms with Gasteiger partial charge in [-0.25, -0.2) is 14.6 Å². The molecule has 0 fully saturated rings. The van der Waals surface area contributed by atoms with E-state index in [4.69, 9.17) is 0 Å². The van der Waals surface area contributed by atoms with Crippen LogP contribution in [0.1, 0.15) is 16.9 Å². The molecule has 0 spiro atoms. The normalized spacial score (nSPS) is 11.1. The SMILES string of the molecule is O=C(NCCCn1ccnc1)c1nc(-c2ccnn2-c2ccccc2)n2ccncc12. The molecule has 0 saturated carbocycles. The predicted octanol–water partition coefficient (Wildman–Crippen LogP) is 2.60. The van der Waals surface area contributed by atoms with Crippen LogP contribution in [0.2, 0.25) is 0 Å². The van der Waals surface area contributed by atoms with Gasteiger partial charge < -0.3 is 9.88 Å². The van der Waals surface area contributed by atoms with Gasteiger partial charge in [-0.15, -0.1) is 0 Å². The fourth-order valence-electron chi connectivity index (χ4n) is 3.50. The van der Waals surface area contributed by atoms with E-state index in [0.29, 0.717) is 23.6 Å². The number of carbonyl (C=O) groups excluding carboxylic acids is 1. The Morgan fingerprint density at radius 1 is 1.00 bits per heavy atom. The van der Waals surface area contributed by atoms with Crippen LogP contribution < -0.4 is 5.32 Å². The summed E-state index contributed by atoms with van der Waals surface area (Å²) in [6, 6.07) is 11.7. The Morgan fingerprint density at radius 3 is 2.71 bits per heavy atom. The first-order valence-corrected chi connectivity index (χ1v) is 9.97. The van der Waals surface area contributed by atoms with E-state index in [2.05, 4.69) is 25.4 Å². The monoisotopic (exact) mass is 412 g/mol. The van der Waals surface area contributed by atoms with Crippen LogP contribution in [-0.4, -0.2) is 46.2 Å². The second-order valence-electron chi connectivity index (χ2n) is 6.99. The largest absolute Gasteiger partial charge is 0.351 e. The van der Waals surface area contributed by atoms with E-state index >= 15 is 0 Å². The summed E-state index contributed by atoms with van der Waals surface area (Å²) in [4.78, 5) is 25.8. The summed E-state index contributed by atoms with van der Waals surface area (Å²) < 4.78 is 5.65. The molecule has 1 N–H and O–H groups in total. The van der Waals surface area contributed by atoms with Crippen molar-refractivity contribution >= 4 is 11.4 Å². The van der Waals surface area contributed by atoms with Gasteiger partial charge in [0.25, 0.3) is 5.91 Å². The van der Waals surface area contributed by atoms with Crippen molar-refractivity contribution < 1.29 is 4.79 Å². The number of fused-ring (bicyclic) bond motifs is 1. The summed E-state index contributed by atoms with van der Waals surface area (Å²) in [6.07, 6.45) is 13.0. The molecular formula is C22H20N8O. The van der Waals surface area contributed by atoms with Gasteiger partial charge in [0.15, 0.2) is 11.5 Å². The van der Waals surface area contributed by atoms with Gasteiger partial charge in [-0.1, -0.05) is 18.2 Å². The standard InChI is InChI=1S/C22H20N8O/c31-22(25-8-4-12-28-13-10-24-16-28)20-19-15-23-11-14-29(19)21(27-20)18-7-9-26-30(18)17-5-2-1-3-6-17/h1-3,5-7,9-11,13-16H,4,8,12H2,(H,25,31). The van der Waals surface area contributed by atoms with Crippen LogP contribution in [0.4, 0.5) is 0 Å². The lowest BCUT2D eigenvalue weighted by Crippen LogP contribution is -2.25. The third kappa shape index (κ3) is 3.68. The van der Waals surface area contributed by atoms with Crippen LogP contribution in [0.5, 0.6) is 0 Å². The molecule has 0 aliphatic heterocycles. The molecule has 5 rings (SSSR count). The zero-order chi connectivity index (χ0) is 21.0. The first-order valence-electron chi connectivity index (χ1n) is 9.97. The number of nitrogens with one attached hydrogen (secondary N) is 1. The molecule has 31 heavy (non-hydrogen) atoms. The predicted molar refractivity (Wildman–Crippen MR) is 115 cm³/mol. The average molecular weight is 412 g/mol. The molecule has 0 atom stereocenters. The van der Waals surface area contributed by atoms with Gasteiger partial charge in [-0.05, 0) is 24.6 Å². The summed E-state index contributed by atoms with van der Waals surface area (Å²) in [6.45, 7) is 1.32. The molecule has 154 valence electrons. The highest BCUT2D eigenvalue weighted by Gasteiger charge is 2.21. The molecule has 0 saturated heterocycles. The Kier molecular flexibility index (Phi) is 4.97. The maximum absolute atomic E-state index is 12.9. The Morgan fingerprint density at radius 2 is 1.87 bits per heavy atom. The minimum atomic E-state index is -0.229. The van der Waals surface area contributed by atoms with Crippen molar-refractivity contribution in [2.75, 3.05) is 6.54 Å². The Labute approximate surface area is 178 Å². The summed E-state index contributed by atoms with van der Waals surface area (Å²) in [5, 5.41) is 7.41. The fourth-order valence-corrected chi connectivity index (χ4v) is 3.50. The van der Waals surface area contributed by atoms with Crippen molar-refractivity contribution in [2.45, 2.75) is 13.0 Å². The van der Waals surface area contributed by atoms with E-state index in [1.165, 1.54) is 0 Å². The smallest absolute Gasteiger partial charge is 0.272 e. The zero-order valence-corrected chi connectivity index (χ0v) is 16.7.